The van der Waals surface area contributed by atoms with Crippen LogP contribution in [0.25, 0.3) is 0 Å². The van der Waals surface area contributed by atoms with Crippen LogP contribution in [-0.4, -0.2) is 50.9 Å². The minimum absolute atomic E-state index is 0.0276. The van der Waals surface area contributed by atoms with Crippen molar-refractivity contribution in [3.05, 3.63) is 29.8 Å². The highest BCUT2D eigenvalue weighted by Crippen LogP contribution is 2.17. The summed E-state index contributed by atoms with van der Waals surface area (Å²) in [6.45, 7) is 4.90. The average molecular weight is 300 g/mol. The van der Waals surface area contributed by atoms with Gasteiger partial charge in [-0.2, -0.15) is 0 Å². The Hall–Kier alpha value is -1.44. The molecule has 0 fully saturated rings. The molecule has 0 aromatic heterocycles. The van der Waals surface area contributed by atoms with Crippen LogP contribution in [0.1, 0.15) is 24.2 Å². The SMILES string of the molecule is CCN(CC)C(=O)c1cccc(S(=O)(=O)N(C)OC)c1. The zero-order chi connectivity index (χ0) is 15.3. The van der Waals surface area contributed by atoms with Gasteiger partial charge in [-0.3, -0.25) is 9.63 Å². The maximum absolute atomic E-state index is 12.2. The number of carbonyl (C=O) groups is 1. The smallest absolute Gasteiger partial charge is 0.264 e. The molecule has 0 N–H and O–H groups in total. The summed E-state index contributed by atoms with van der Waals surface area (Å²) in [5.74, 6) is -0.188. The lowest BCUT2D eigenvalue weighted by atomic mass is 10.2. The number of sulfonamides is 1. The monoisotopic (exact) mass is 300 g/mol. The van der Waals surface area contributed by atoms with Crippen LogP contribution in [0.4, 0.5) is 0 Å². The predicted molar refractivity (Wildman–Crippen MR) is 75.7 cm³/mol. The summed E-state index contributed by atoms with van der Waals surface area (Å²) in [5, 5.41) is 0. The molecule has 1 aromatic rings. The number of hydroxylamine groups is 1. The average Bonchev–Trinajstić information content (AvgIpc) is 2.47. The first kappa shape index (κ1) is 16.6. The van der Waals surface area contributed by atoms with E-state index in [-0.39, 0.29) is 10.8 Å². The second-order valence-electron chi connectivity index (χ2n) is 4.10. The maximum Gasteiger partial charge on any atom is 0.264 e. The first-order valence-corrected chi connectivity index (χ1v) is 7.74. The van der Waals surface area contributed by atoms with Crippen molar-refractivity contribution >= 4 is 15.9 Å². The molecule has 6 nitrogen and oxygen atoms in total. The molecule has 112 valence electrons. The first-order valence-electron chi connectivity index (χ1n) is 6.30. The van der Waals surface area contributed by atoms with Gasteiger partial charge in [0.2, 0.25) is 0 Å². The van der Waals surface area contributed by atoms with Gasteiger partial charge in [0.1, 0.15) is 0 Å². The summed E-state index contributed by atoms with van der Waals surface area (Å²) < 4.78 is 25.0. The lowest BCUT2D eigenvalue weighted by Gasteiger charge is -2.19. The molecule has 20 heavy (non-hydrogen) atoms. The standard InChI is InChI=1S/C13H20N2O4S/c1-5-15(6-2)13(16)11-8-7-9-12(10-11)20(17,18)14(3)19-4/h7-10H,5-6H2,1-4H3. The Morgan fingerprint density at radius 2 is 1.85 bits per heavy atom. The lowest BCUT2D eigenvalue weighted by molar-refractivity contribution is -0.0258. The molecule has 0 heterocycles. The second kappa shape index (κ2) is 6.83. The van der Waals surface area contributed by atoms with E-state index in [1.54, 1.807) is 17.0 Å². The van der Waals surface area contributed by atoms with Crippen LogP contribution in [0.3, 0.4) is 0 Å². The van der Waals surface area contributed by atoms with E-state index in [1.807, 2.05) is 13.8 Å². The molecular weight excluding hydrogens is 280 g/mol. The van der Waals surface area contributed by atoms with Crippen molar-refractivity contribution < 1.29 is 18.0 Å². The first-order chi connectivity index (χ1) is 9.38. The van der Waals surface area contributed by atoms with Crippen LogP contribution in [0.2, 0.25) is 0 Å². The zero-order valence-corrected chi connectivity index (χ0v) is 13.0. The normalized spacial score (nSPS) is 11.7. The molecule has 0 unspecified atom stereocenters. The van der Waals surface area contributed by atoms with E-state index < -0.39 is 10.0 Å². The predicted octanol–water partition coefficient (Wildman–Crippen LogP) is 1.35. The van der Waals surface area contributed by atoms with Crippen LogP contribution < -0.4 is 0 Å². The molecule has 1 amide bonds. The number of hydrogen-bond acceptors (Lipinski definition) is 4. The fourth-order valence-corrected chi connectivity index (χ4v) is 2.75. The topological polar surface area (TPSA) is 66.9 Å². The number of carbonyl (C=O) groups excluding carboxylic acids is 1. The number of amides is 1. The van der Waals surface area contributed by atoms with E-state index in [4.69, 9.17) is 4.84 Å². The van der Waals surface area contributed by atoms with E-state index in [9.17, 15) is 13.2 Å². The molecule has 0 saturated carbocycles. The van der Waals surface area contributed by atoms with E-state index in [2.05, 4.69) is 0 Å². The van der Waals surface area contributed by atoms with Crippen molar-refractivity contribution in [2.45, 2.75) is 18.7 Å². The minimum atomic E-state index is -3.74. The van der Waals surface area contributed by atoms with Gasteiger partial charge in [0.15, 0.2) is 0 Å². The molecule has 0 aliphatic carbocycles. The summed E-state index contributed by atoms with van der Waals surface area (Å²) in [4.78, 5) is 18.6. The van der Waals surface area contributed by atoms with Crippen molar-refractivity contribution in [3.8, 4) is 0 Å². The van der Waals surface area contributed by atoms with Crippen molar-refractivity contribution in [1.82, 2.24) is 9.37 Å². The van der Waals surface area contributed by atoms with Crippen molar-refractivity contribution in [3.63, 3.8) is 0 Å². The quantitative estimate of drug-likeness (QED) is 0.744. The van der Waals surface area contributed by atoms with Gasteiger partial charge in [-0.1, -0.05) is 10.5 Å². The second-order valence-corrected chi connectivity index (χ2v) is 6.04. The van der Waals surface area contributed by atoms with Gasteiger partial charge in [0.05, 0.1) is 12.0 Å². The Bertz CT molecular complexity index is 567. The Morgan fingerprint density at radius 1 is 1.25 bits per heavy atom. The summed E-state index contributed by atoms with van der Waals surface area (Å²) in [5.41, 5.74) is 0.347. The van der Waals surface area contributed by atoms with Gasteiger partial charge in [-0.05, 0) is 32.0 Å². The van der Waals surface area contributed by atoms with Gasteiger partial charge >= 0.3 is 0 Å². The molecule has 0 aliphatic heterocycles. The van der Waals surface area contributed by atoms with Crippen LogP contribution in [-0.2, 0) is 14.9 Å². The molecule has 0 aliphatic rings. The van der Waals surface area contributed by atoms with Crippen molar-refractivity contribution in [2.75, 3.05) is 27.2 Å². The van der Waals surface area contributed by atoms with Gasteiger partial charge < -0.3 is 4.90 Å². The third kappa shape index (κ3) is 3.36. The number of benzene rings is 1. The van der Waals surface area contributed by atoms with Crippen LogP contribution in [0, 0.1) is 0 Å². The molecular formula is C13H20N2O4S. The van der Waals surface area contributed by atoms with Gasteiger partial charge in [-0.15, -0.1) is 0 Å². The molecule has 0 radical (unpaired) electrons. The Balaban J connectivity index is 3.18. The number of rotatable bonds is 6. The fraction of sp³-hybridized carbons (Fsp3) is 0.462. The minimum Gasteiger partial charge on any atom is -0.339 e. The zero-order valence-electron chi connectivity index (χ0n) is 12.2. The molecule has 1 aromatic carbocycles. The van der Waals surface area contributed by atoms with E-state index in [1.165, 1.54) is 26.3 Å². The third-order valence-electron chi connectivity index (χ3n) is 3.03. The fourth-order valence-electron chi connectivity index (χ4n) is 1.73. The van der Waals surface area contributed by atoms with Crippen molar-refractivity contribution in [1.29, 1.82) is 0 Å². The molecule has 1 rings (SSSR count). The van der Waals surface area contributed by atoms with E-state index in [0.717, 1.165) is 4.47 Å². The van der Waals surface area contributed by atoms with E-state index >= 15 is 0 Å². The van der Waals surface area contributed by atoms with E-state index in [0.29, 0.717) is 18.7 Å². The Labute approximate surface area is 119 Å². The summed E-state index contributed by atoms with van der Waals surface area (Å²) in [6.07, 6.45) is 0. The largest absolute Gasteiger partial charge is 0.339 e. The molecule has 7 heteroatoms. The molecule has 0 bridgehead atoms. The van der Waals surface area contributed by atoms with Gasteiger partial charge in [0.25, 0.3) is 15.9 Å². The summed E-state index contributed by atoms with van der Waals surface area (Å²) in [6, 6.07) is 5.95. The summed E-state index contributed by atoms with van der Waals surface area (Å²) >= 11 is 0. The van der Waals surface area contributed by atoms with Gasteiger partial charge in [0, 0.05) is 25.7 Å². The summed E-state index contributed by atoms with van der Waals surface area (Å²) in [7, 11) is -1.18. The number of hydrogen-bond donors (Lipinski definition) is 0. The molecule has 0 spiro atoms. The van der Waals surface area contributed by atoms with Gasteiger partial charge in [-0.25, -0.2) is 8.42 Å². The highest BCUT2D eigenvalue weighted by molar-refractivity contribution is 7.89. The van der Waals surface area contributed by atoms with Crippen LogP contribution >= 0.6 is 0 Å². The van der Waals surface area contributed by atoms with Crippen LogP contribution in [0.5, 0.6) is 0 Å². The third-order valence-corrected chi connectivity index (χ3v) is 4.70. The highest BCUT2D eigenvalue weighted by atomic mass is 32.2. The Morgan fingerprint density at radius 3 is 2.35 bits per heavy atom. The maximum atomic E-state index is 12.2. The highest BCUT2D eigenvalue weighted by Gasteiger charge is 2.22. The number of nitrogens with zero attached hydrogens (tertiary/aromatic N) is 2. The molecule has 0 atom stereocenters. The molecule has 0 saturated heterocycles. The van der Waals surface area contributed by atoms with Crippen LogP contribution in [0.15, 0.2) is 29.2 Å². The lowest BCUT2D eigenvalue weighted by Crippen LogP contribution is -2.31. The van der Waals surface area contributed by atoms with Crippen molar-refractivity contribution in [2.24, 2.45) is 0 Å². The Kier molecular flexibility index (Phi) is 5.67.